The molecular weight excluding hydrogens is 472 g/mol. The van der Waals surface area contributed by atoms with Gasteiger partial charge in [-0.1, -0.05) is 30.3 Å². The van der Waals surface area contributed by atoms with Gasteiger partial charge in [0.25, 0.3) is 5.91 Å². The van der Waals surface area contributed by atoms with Crippen LogP contribution in [0.25, 0.3) is 6.08 Å². The first-order chi connectivity index (χ1) is 16.4. The molecule has 2 atom stereocenters. The number of carbonyl (C=O) groups excluding carboxylic acids is 2. The summed E-state index contributed by atoms with van der Waals surface area (Å²) in [5, 5.41) is 5.99. The molecule has 3 aromatic rings. The second-order valence-electron chi connectivity index (χ2n) is 8.11. The van der Waals surface area contributed by atoms with Crippen molar-refractivity contribution >= 4 is 44.8 Å². The number of nitrogens with zero attached hydrogens (tertiary/aromatic N) is 1. The zero-order chi connectivity index (χ0) is 23.9. The SMILES string of the molecule is COCCN1C(=O)c2ccccc2C(C(=O)Nc2ccc3c(c2)S(=O)(=O)C=C3)C1c1cccs1. The Morgan fingerprint density at radius 2 is 1.97 bits per heavy atom. The van der Waals surface area contributed by atoms with E-state index in [9.17, 15) is 18.0 Å². The van der Waals surface area contributed by atoms with Gasteiger partial charge in [0, 0.05) is 35.2 Å². The molecule has 0 radical (unpaired) electrons. The van der Waals surface area contributed by atoms with E-state index in [0.717, 1.165) is 10.3 Å². The number of amides is 2. The van der Waals surface area contributed by atoms with Gasteiger partial charge in [-0.3, -0.25) is 9.59 Å². The van der Waals surface area contributed by atoms with Crippen LogP contribution in [-0.4, -0.2) is 45.4 Å². The molecular formula is C25H22N2O5S2. The summed E-state index contributed by atoms with van der Waals surface area (Å²) in [7, 11) is -1.93. The Labute approximate surface area is 201 Å². The summed E-state index contributed by atoms with van der Waals surface area (Å²) in [6.45, 7) is 0.665. The Kier molecular flexibility index (Phi) is 5.85. The maximum absolute atomic E-state index is 13.8. The van der Waals surface area contributed by atoms with Crippen LogP contribution in [0.2, 0.25) is 0 Å². The Hall–Kier alpha value is -3.27. The normalized spacial score (nSPS) is 20.1. The van der Waals surface area contributed by atoms with Crippen LogP contribution in [0.5, 0.6) is 0 Å². The van der Waals surface area contributed by atoms with Crippen molar-refractivity contribution in [1.29, 1.82) is 0 Å². The van der Waals surface area contributed by atoms with Gasteiger partial charge in [-0.05, 0) is 46.8 Å². The highest BCUT2D eigenvalue weighted by Gasteiger charge is 2.44. The maximum atomic E-state index is 13.8. The van der Waals surface area contributed by atoms with Crippen molar-refractivity contribution in [3.63, 3.8) is 0 Å². The zero-order valence-electron chi connectivity index (χ0n) is 18.3. The Balaban J connectivity index is 1.57. The van der Waals surface area contributed by atoms with Gasteiger partial charge in [0.2, 0.25) is 15.7 Å². The average Bonchev–Trinajstić information content (AvgIpc) is 3.46. The molecule has 1 N–H and O–H groups in total. The topological polar surface area (TPSA) is 92.8 Å². The lowest BCUT2D eigenvalue weighted by Crippen LogP contribution is -2.47. The molecule has 2 aromatic carbocycles. The molecule has 0 bridgehead atoms. The number of fused-ring (bicyclic) bond motifs is 2. The van der Waals surface area contributed by atoms with Crippen LogP contribution in [0.1, 0.15) is 38.3 Å². The van der Waals surface area contributed by atoms with Crippen LogP contribution in [0, 0.1) is 0 Å². The van der Waals surface area contributed by atoms with Crippen molar-refractivity contribution in [3.05, 3.63) is 87.0 Å². The van der Waals surface area contributed by atoms with Gasteiger partial charge < -0.3 is 15.0 Å². The van der Waals surface area contributed by atoms with E-state index in [1.165, 1.54) is 17.4 Å². The molecule has 1 aromatic heterocycles. The average molecular weight is 495 g/mol. The molecule has 0 saturated heterocycles. The van der Waals surface area contributed by atoms with Crippen LogP contribution in [-0.2, 0) is 19.4 Å². The lowest BCUT2D eigenvalue weighted by Gasteiger charge is -2.41. The molecule has 2 unspecified atom stereocenters. The minimum Gasteiger partial charge on any atom is -0.383 e. The van der Waals surface area contributed by atoms with Gasteiger partial charge in [0.05, 0.1) is 23.5 Å². The van der Waals surface area contributed by atoms with Gasteiger partial charge in [-0.2, -0.15) is 0 Å². The largest absolute Gasteiger partial charge is 0.383 e. The predicted octanol–water partition coefficient (Wildman–Crippen LogP) is 4.07. The van der Waals surface area contributed by atoms with Crippen LogP contribution in [0.15, 0.2) is 70.3 Å². The Morgan fingerprint density at radius 1 is 1.15 bits per heavy atom. The fraction of sp³-hybridized carbons (Fsp3) is 0.200. The third-order valence-electron chi connectivity index (χ3n) is 6.11. The molecule has 2 aliphatic rings. The van der Waals surface area contributed by atoms with Gasteiger partial charge in [-0.25, -0.2) is 8.42 Å². The molecule has 2 aliphatic heterocycles. The molecule has 0 saturated carbocycles. The Morgan fingerprint density at radius 3 is 2.74 bits per heavy atom. The summed E-state index contributed by atoms with van der Waals surface area (Å²) in [6, 6.07) is 15.3. The fourth-order valence-corrected chi connectivity index (χ4v) is 6.64. The number of ether oxygens (including phenoxy) is 1. The number of benzene rings is 2. The van der Waals surface area contributed by atoms with Crippen LogP contribution < -0.4 is 5.32 Å². The predicted molar refractivity (Wildman–Crippen MR) is 130 cm³/mol. The number of thiophene rings is 1. The quantitative estimate of drug-likeness (QED) is 0.558. The number of methoxy groups -OCH3 is 1. The van der Waals surface area contributed by atoms with Crippen molar-refractivity contribution in [3.8, 4) is 0 Å². The van der Waals surface area contributed by atoms with E-state index in [4.69, 9.17) is 4.74 Å². The highest BCUT2D eigenvalue weighted by molar-refractivity contribution is 7.94. The second kappa shape index (κ2) is 8.83. The number of hydrogen-bond acceptors (Lipinski definition) is 6. The van der Waals surface area contributed by atoms with Gasteiger partial charge in [0.1, 0.15) is 0 Å². The number of rotatable bonds is 6. The summed E-state index contributed by atoms with van der Waals surface area (Å²) in [6.07, 6.45) is 1.54. The first kappa shape index (κ1) is 22.5. The number of carbonyl (C=O) groups is 2. The second-order valence-corrected chi connectivity index (χ2v) is 10.9. The maximum Gasteiger partial charge on any atom is 0.254 e. The van der Waals surface area contributed by atoms with E-state index in [0.29, 0.717) is 35.5 Å². The van der Waals surface area contributed by atoms with Crippen molar-refractivity contribution in [2.75, 3.05) is 25.6 Å². The highest BCUT2D eigenvalue weighted by Crippen LogP contribution is 2.44. The highest BCUT2D eigenvalue weighted by atomic mass is 32.2. The molecule has 7 nitrogen and oxygen atoms in total. The van der Waals surface area contributed by atoms with E-state index in [-0.39, 0.29) is 16.7 Å². The van der Waals surface area contributed by atoms with E-state index >= 15 is 0 Å². The molecule has 34 heavy (non-hydrogen) atoms. The van der Waals surface area contributed by atoms with E-state index < -0.39 is 21.8 Å². The van der Waals surface area contributed by atoms with E-state index in [2.05, 4.69) is 5.32 Å². The minimum absolute atomic E-state index is 0.148. The van der Waals surface area contributed by atoms with Crippen molar-refractivity contribution in [1.82, 2.24) is 4.90 Å². The molecule has 3 heterocycles. The molecule has 2 amide bonds. The number of hydrogen-bond donors (Lipinski definition) is 1. The molecule has 9 heteroatoms. The first-order valence-corrected chi connectivity index (χ1v) is 13.1. The minimum atomic E-state index is -3.51. The molecule has 174 valence electrons. The third-order valence-corrected chi connectivity index (χ3v) is 8.51. The first-order valence-electron chi connectivity index (χ1n) is 10.7. The molecule has 0 aliphatic carbocycles. The van der Waals surface area contributed by atoms with Crippen LogP contribution in [0.3, 0.4) is 0 Å². The molecule has 0 fully saturated rings. The zero-order valence-corrected chi connectivity index (χ0v) is 19.9. The Bertz CT molecular complexity index is 1400. The van der Waals surface area contributed by atoms with Gasteiger partial charge in [0.15, 0.2) is 0 Å². The third kappa shape index (κ3) is 3.85. The number of nitrogens with one attached hydrogen (secondary N) is 1. The fourth-order valence-electron chi connectivity index (χ4n) is 4.54. The monoisotopic (exact) mass is 494 g/mol. The molecule has 5 rings (SSSR count). The number of sulfone groups is 1. The lowest BCUT2D eigenvalue weighted by atomic mass is 9.81. The summed E-state index contributed by atoms with van der Waals surface area (Å²) >= 11 is 1.48. The summed E-state index contributed by atoms with van der Waals surface area (Å²) in [5.74, 6) is -1.15. The molecule has 0 spiro atoms. The summed E-state index contributed by atoms with van der Waals surface area (Å²) in [5.41, 5.74) is 2.10. The van der Waals surface area contributed by atoms with Crippen LogP contribution >= 0.6 is 11.3 Å². The van der Waals surface area contributed by atoms with Crippen molar-refractivity contribution in [2.24, 2.45) is 0 Å². The smallest absolute Gasteiger partial charge is 0.254 e. The van der Waals surface area contributed by atoms with Crippen molar-refractivity contribution < 1.29 is 22.7 Å². The summed E-state index contributed by atoms with van der Waals surface area (Å²) in [4.78, 5) is 30.0. The van der Waals surface area contributed by atoms with Gasteiger partial charge in [-0.15, -0.1) is 11.3 Å². The van der Waals surface area contributed by atoms with Crippen LogP contribution in [0.4, 0.5) is 5.69 Å². The lowest BCUT2D eigenvalue weighted by molar-refractivity contribution is -0.119. The summed E-state index contributed by atoms with van der Waals surface area (Å²) < 4.78 is 29.8. The van der Waals surface area contributed by atoms with E-state index in [1.807, 2.05) is 29.6 Å². The number of anilines is 1. The van der Waals surface area contributed by atoms with E-state index in [1.54, 1.807) is 42.4 Å². The van der Waals surface area contributed by atoms with Crippen molar-refractivity contribution in [2.45, 2.75) is 16.9 Å². The van der Waals surface area contributed by atoms with Gasteiger partial charge >= 0.3 is 0 Å². The standard InChI is InChI=1S/C25H22N2O5S2/c1-32-12-11-27-23(20-7-4-13-33-20)22(18-5-2-3-6-19(18)25(27)29)24(28)26-17-9-8-16-10-14-34(30,31)21(16)15-17/h2-10,13-15,22-23H,11-12H2,1H3,(H,26,28).